The van der Waals surface area contributed by atoms with Crippen LogP contribution in [-0.2, 0) is 11.2 Å². The van der Waals surface area contributed by atoms with Crippen molar-refractivity contribution < 1.29 is 9.90 Å². The van der Waals surface area contributed by atoms with Crippen molar-refractivity contribution in [3.63, 3.8) is 0 Å². The minimum absolute atomic E-state index is 0.0115. The van der Waals surface area contributed by atoms with E-state index in [1.54, 1.807) is 11.3 Å². The maximum absolute atomic E-state index is 12.2. The summed E-state index contributed by atoms with van der Waals surface area (Å²) in [6.45, 7) is 0. The third kappa shape index (κ3) is 3.18. The highest BCUT2D eigenvalue weighted by Gasteiger charge is 2.35. The molecule has 1 aromatic heterocycles. The fraction of sp³-hybridized carbons (Fsp3) is 0.615. The number of halogens is 1. The first-order valence-electron chi connectivity index (χ1n) is 6.09. The zero-order valence-corrected chi connectivity index (χ0v) is 12.1. The summed E-state index contributed by atoms with van der Waals surface area (Å²) in [6, 6.07) is 1.95. The molecule has 0 aromatic carbocycles. The molecular weight excluding hydrogens is 300 g/mol. The molecule has 1 aliphatic carbocycles. The van der Waals surface area contributed by atoms with Gasteiger partial charge in [-0.25, -0.2) is 0 Å². The molecule has 0 spiro atoms. The Labute approximate surface area is 114 Å². The molecule has 1 aromatic rings. The number of rotatable bonds is 3. The monoisotopic (exact) mass is 316 g/mol. The van der Waals surface area contributed by atoms with Crippen LogP contribution in [0.5, 0.6) is 0 Å². The van der Waals surface area contributed by atoms with E-state index in [0.717, 1.165) is 35.0 Å². The van der Waals surface area contributed by atoms with Crippen molar-refractivity contribution in [1.29, 1.82) is 0 Å². The van der Waals surface area contributed by atoms with Gasteiger partial charge in [0, 0.05) is 15.8 Å². The summed E-state index contributed by atoms with van der Waals surface area (Å²) >= 11 is 5.00. The third-order valence-electron chi connectivity index (χ3n) is 3.46. The lowest BCUT2D eigenvalue weighted by Crippen LogP contribution is -2.39. The maximum Gasteiger partial charge on any atom is 0.169 e. The van der Waals surface area contributed by atoms with E-state index < -0.39 is 5.60 Å². The molecule has 2 nitrogen and oxygen atoms in total. The SMILES string of the molecule is O=C(Cc1sccc1Br)C1(O)CCCCCC1. The Morgan fingerprint density at radius 2 is 2.00 bits per heavy atom. The molecule has 94 valence electrons. The van der Waals surface area contributed by atoms with Crippen LogP contribution >= 0.6 is 27.3 Å². The molecule has 0 saturated heterocycles. The van der Waals surface area contributed by atoms with Crippen LogP contribution in [0.25, 0.3) is 0 Å². The predicted octanol–water partition coefficient (Wildman–Crippen LogP) is 3.71. The topological polar surface area (TPSA) is 37.3 Å². The molecule has 1 heterocycles. The minimum atomic E-state index is -1.07. The first-order chi connectivity index (χ1) is 8.12. The van der Waals surface area contributed by atoms with E-state index in [1.807, 2.05) is 11.4 Å². The van der Waals surface area contributed by atoms with E-state index in [2.05, 4.69) is 15.9 Å². The Morgan fingerprint density at radius 1 is 1.35 bits per heavy atom. The Kier molecular flexibility index (Phi) is 4.39. The number of hydrogen-bond acceptors (Lipinski definition) is 3. The number of ketones is 1. The molecular formula is C13H17BrO2S. The van der Waals surface area contributed by atoms with E-state index in [-0.39, 0.29) is 5.78 Å². The highest BCUT2D eigenvalue weighted by Crippen LogP contribution is 2.31. The Morgan fingerprint density at radius 3 is 2.53 bits per heavy atom. The standard InChI is InChI=1S/C13H17BrO2S/c14-10-5-8-17-11(10)9-12(15)13(16)6-3-1-2-4-7-13/h5,8,16H,1-4,6-7,9H2. The van der Waals surface area contributed by atoms with E-state index in [1.165, 1.54) is 0 Å². The van der Waals surface area contributed by atoms with Crippen molar-refractivity contribution in [2.75, 3.05) is 0 Å². The molecule has 1 aliphatic rings. The van der Waals surface area contributed by atoms with Crippen LogP contribution in [-0.4, -0.2) is 16.5 Å². The van der Waals surface area contributed by atoms with Crippen molar-refractivity contribution in [3.8, 4) is 0 Å². The lowest BCUT2D eigenvalue weighted by atomic mass is 9.88. The molecule has 0 bridgehead atoms. The van der Waals surface area contributed by atoms with Gasteiger partial charge in [-0.3, -0.25) is 4.79 Å². The number of carbonyl (C=O) groups is 1. The van der Waals surface area contributed by atoms with Crippen molar-refractivity contribution >= 4 is 33.0 Å². The maximum atomic E-state index is 12.2. The quantitative estimate of drug-likeness (QED) is 0.863. The second kappa shape index (κ2) is 5.63. The van der Waals surface area contributed by atoms with Gasteiger partial charge < -0.3 is 5.11 Å². The zero-order valence-electron chi connectivity index (χ0n) is 9.75. The van der Waals surface area contributed by atoms with E-state index in [9.17, 15) is 9.90 Å². The van der Waals surface area contributed by atoms with Gasteiger partial charge >= 0.3 is 0 Å². The van der Waals surface area contributed by atoms with Crippen molar-refractivity contribution in [2.45, 2.75) is 50.5 Å². The average Bonchev–Trinajstić information content (AvgIpc) is 2.57. The summed E-state index contributed by atoms with van der Waals surface area (Å²) in [5.74, 6) is -0.0115. The van der Waals surface area contributed by atoms with Crippen molar-refractivity contribution in [2.24, 2.45) is 0 Å². The van der Waals surface area contributed by atoms with Gasteiger partial charge in [0.25, 0.3) is 0 Å². The molecule has 2 rings (SSSR count). The first-order valence-corrected chi connectivity index (χ1v) is 7.77. The molecule has 0 radical (unpaired) electrons. The molecule has 1 saturated carbocycles. The number of thiophene rings is 1. The van der Waals surface area contributed by atoms with Gasteiger partial charge in [0.05, 0.1) is 0 Å². The van der Waals surface area contributed by atoms with Crippen LogP contribution in [0, 0.1) is 0 Å². The second-order valence-corrected chi connectivity index (χ2v) is 6.59. The van der Waals surface area contributed by atoms with Crippen molar-refractivity contribution in [3.05, 3.63) is 20.8 Å². The Balaban J connectivity index is 2.05. The molecule has 1 fully saturated rings. The van der Waals surface area contributed by atoms with E-state index >= 15 is 0 Å². The van der Waals surface area contributed by atoms with Gasteiger partial charge in [0.15, 0.2) is 5.78 Å². The van der Waals surface area contributed by atoms with E-state index in [0.29, 0.717) is 19.3 Å². The zero-order chi connectivity index (χ0) is 12.3. The van der Waals surface area contributed by atoms with Crippen LogP contribution < -0.4 is 0 Å². The van der Waals surface area contributed by atoms with Crippen LogP contribution in [0.2, 0.25) is 0 Å². The summed E-state index contributed by atoms with van der Waals surface area (Å²) in [7, 11) is 0. The van der Waals surface area contributed by atoms with Gasteiger partial charge in [-0.15, -0.1) is 11.3 Å². The number of Topliss-reactive ketones (excluding diaryl/α,β-unsaturated/α-hetero) is 1. The normalized spacial score (nSPS) is 19.9. The second-order valence-electron chi connectivity index (χ2n) is 4.74. The van der Waals surface area contributed by atoms with Crippen molar-refractivity contribution in [1.82, 2.24) is 0 Å². The first kappa shape index (κ1) is 13.2. The molecule has 1 N–H and O–H groups in total. The number of hydrogen-bond donors (Lipinski definition) is 1. The van der Waals surface area contributed by atoms with E-state index in [4.69, 9.17) is 0 Å². The summed E-state index contributed by atoms with van der Waals surface area (Å²) < 4.78 is 0.980. The highest BCUT2D eigenvalue weighted by molar-refractivity contribution is 9.10. The van der Waals surface area contributed by atoms with Crippen LogP contribution in [0.1, 0.15) is 43.4 Å². The van der Waals surface area contributed by atoms with Gasteiger partial charge in [-0.05, 0) is 40.2 Å². The number of aliphatic hydroxyl groups is 1. The summed E-state index contributed by atoms with van der Waals surface area (Å²) in [4.78, 5) is 13.2. The largest absolute Gasteiger partial charge is 0.382 e. The predicted molar refractivity (Wildman–Crippen MR) is 73.4 cm³/mol. The van der Waals surface area contributed by atoms with Gasteiger partial charge in [0.1, 0.15) is 5.60 Å². The fourth-order valence-corrected chi connectivity index (χ4v) is 3.85. The lowest BCUT2D eigenvalue weighted by Gasteiger charge is -2.24. The molecule has 17 heavy (non-hydrogen) atoms. The Bertz CT molecular complexity index is 392. The lowest BCUT2D eigenvalue weighted by molar-refractivity contribution is -0.137. The highest BCUT2D eigenvalue weighted by atomic mass is 79.9. The molecule has 4 heteroatoms. The summed E-state index contributed by atoms with van der Waals surface area (Å²) in [5, 5.41) is 12.4. The van der Waals surface area contributed by atoms with Crippen LogP contribution in [0.4, 0.5) is 0 Å². The van der Waals surface area contributed by atoms with Gasteiger partial charge in [-0.1, -0.05) is 25.7 Å². The van der Waals surface area contributed by atoms with Gasteiger partial charge in [-0.2, -0.15) is 0 Å². The minimum Gasteiger partial charge on any atom is -0.382 e. The fourth-order valence-electron chi connectivity index (χ4n) is 2.35. The Hall–Kier alpha value is -0.190. The molecule has 0 atom stereocenters. The average molecular weight is 317 g/mol. The summed E-state index contributed by atoms with van der Waals surface area (Å²) in [5.41, 5.74) is -1.07. The molecule has 0 unspecified atom stereocenters. The van der Waals surface area contributed by atoms with Gasteiger partial charge in [0.2, 0.25) is 0 Å². The van der Waals surface area contributed by atoms with Crippen LogP contribution in [0.3, 0.4) is 0 Å². The summed E-state index contributed by atoms with van der Waals surface area (Å²) in [6.07, 6.45) is 5.83. The third-order valence-corrected chi connectivity index (χ3v) is 5.39. The molecule has 0 amide bonds. The smallest absolute Gasteiger partial charge is 0.169 e. The molecule has 0 aliphatic heterocycles. The number of carbonyl (C=O) groups excluding carboxylic acids is 1. The van der Waals surface area contributed by atoms with Crippen LogP contribution in [0.15, 0.2) is 15.9 Å².